The number of carboxylic acids is 1. The van der Waals surface area contributed by atoms with Gasteiger partial charge in [-0.05, 0) is 12.0 Å². The van der Waals surface area contributed by atoms with E-state index in [0.717, 1.165) is 0 Å². The van der Waals surface area contributed by atoms with Crippen LogP contribution in [-0.2, 0) is 19.1 Å². The monoisotopic (exact) mass is 307 g/mol. The zero-order chi connectivity index (χ0) is 16.5. The quantitative estimate of drug-likeness (QED) is 0.724. The molecule has 1 amide bonds. The van der Waals surface area contributed by atoms with E-state index >= 15 is 0 Å². The van der Waals surface area contributed by atoms with Crippen LogP contribution in [0.2, 0.25) is 0 Å². The molecule has 0 aliphatic heterocycles. The van der Waals surface area contributed by atoms with Crippen LogP contribution >= 0.6 is 0 Å². The van der Waals surface area contributed by atoms with E-state index in [1.54, 1.807) is 31.2 Å². The summed E-state index contributed by atoms with van der Waals surface area (Å²) in [6.07, 6.45) is -0.342. The highest BCUT2D eigenvalue weighted by molar-refractivity contribution is 5.87. The molecular weight excluding hydrogens is 286 g/mol. The van der Waals surface area contributed by atoms with Gasteiger partial charge in [-0.1, -0.05) is 37.3 Å². The van der Waals surface area contributed by atoms with Gasteiger partial charge in [0.15, 0.2) is 6.10 Å². The molecule has 0 aliphatic rings. The minimum atomic E-state index is -1.17. The first kappa shape index (κ1) is 17.8. The predicted octanol–water partition coefficient (Wildman–Crippen LogP) is 1.70. The normalized spacial score (nSPS) is 13.2. The molecule has 0 saturated heterocycles. The van der Waals surface area contributed by atoms with Crippen LogP contribution in [0.25, 0.3) is 0 Å². The Morgan fingerprint density at radius 2 is 1.86 bits per heavy atom. The molecule has 0 unspecified atom stereocenters. The number of carbonyl (C=O) groups is 3. The lowest BCUT2D eigenvalue weighted by atomic mass is 10.1. The standard InChI is InChI=1S/C16H21NO5/c1-3-12(18)9-10-13(16(20)21)17-15(19)14(22-2)11-7-5-4-6-8-11/h4-8,13-14H,3,9-10H2,1-2H3,(H,17,19)(H,20,21)/t13-,14-/m1/s1. The lowest BCUT2D eigenvalue weighted by Gasteiger charge is -2.19. The molecular formula is C16H21NO5. The second-order valence-electron chi connectivity index (χ2n) is 4.86. The lowest BCUT2D eigenvalue weighted by Crippen LogP contribution is -2.43. The first-order valence-electron chi connectivity index (χ1n) is 7.12. The van der Waals surface area contributed by atoms with E-state index in [0.29, 0.717) is 12.0 Å². The maximum atomic E-state index is 12.2. The van der Waals surface area contributed by atoms with Crippen molar-refractivity contribution in [2.45, 2.75) is 38.3 Å². The van der Waals surface area contributed by atoms with Gasteiger partial charge in [-0.3, -0.25) is 9.59 Å². The van der Waals surface area contributed by atoms with Crippen molar-refractivity contribution in [3.8, 4) is 0 Å². The number of amides is 1. The molecule has 6 nitrogen and oxygen atoms in total. The van der Waals surface area contributed by atoms with Gasteiger partial charge in [0.2, 0.25) is 0 Å². The van der Waals surface area contributed by atoms with Gasteiger partial charge in [-0.2, -0.15) is 0 Å². The molecule has 2 N–H and O–H groups in total. The van der Waals surface area contributed by atoms with E-state index in [4.69, 9.17) is 9.84 Å². The minimum Gasteiger partial charge on any atom is -0.480 e. The molecule has 1 rings (SSSR count). The van der Waals surface area contributed by atoms with Crippen molar-refractivity contribution in [2.75, 3.05) is 7.11 Å². The van der Waals surface area contributed by atoms with Crippen molar-refractivity contribution in [3.63, 3.8) is 0 Å². The fraction of sp³-hybridized carbons (Fsp3) is 0.438. The van der Waals surface area contributed by atoms with Crippen molar-refractivity contribution < 1.29 is 24.2 Å². The van der Waals surface area contributed by atoms with Crippen molar-refractivity contribution >= 4 is 17.7 Å². The number of hydrogen-bond acceptors (Lipinski definition) is 4. The summed E-state index contributed by atoms with van der Waals surface area (Å²) < 4.78 is 5.15. The smallest absolute Gasteiger partial charge is 0.326 e. The molecule has 0 heterocycles. The number of carbonyl (C=O) groups excluding carboxylic acids is 2. The molecule has 1 aromatic carbocycles. The minimum absolute atomic E-state index is 0.0353. The Labute approximate surface area is 129 Å². The van der Waals surface area contributed by atoms with Gasteiger partial charge >= 0.3 is 5.97 Å². The number of Topliss-reactive ketones (excluding diaryl/α,β-unsaturated/α-hetero) is 1. The molecule has 120 valence electrons. The number of methoxy groups -OCH3 is 1. The molecule has 0 saturated carbocycles. The third-order valence-electron chi connectivity index (χ3n) is 3.30. The summed E-state index contributed by atoms with van der Waals surface area (Å²) in [6, 6.07) is 7.69. The predicted molar refractivity (Wildman–Crippen MR) is 80.3 cm³/mol. The maximum Gasteiger partial charge on any atom is 0.326 e. The van der Waals surface area contributed by atoms with E-state index in [1.807, 2.05) is 6.07 Å². The number of aliphatic carboxylic acids is 1. The van der Waals surface area contributed by atoms with Gasteiger partial charge in [0.05, 0.1) is 0 Å². The van der Waals surface area contributed by atoms with E-state index in [-0.39, 0.29) is 18.6 Å². The Hall–Kier alpha value is -2.21. The van der Waals surface area contributed by atoms with Crippen molar-refractivity contribution in [1.82, 2.24) is 5.32 Å². The lowest BCUT2D eigenvalue weighted by molar-refractivity contribution is -0.144. The van der Waals surface area contributed by atoms with E-state index in [9.17, 15) is 14.4 Å². The summed E-state index contributed by atoms with van der Waals surface area (Å²) in [5.74, 6) is -1.74. The zero-order valence-corrected chi connectivity index (χ0v) is 12.7. The molecule has 2 atom stereocenters. The fourth-order valence-electron chi connectivity index (χ4n) is 2.01. The Morgan fingerprint density at radius 3 is 2.36 bits per heavy atom. The van der Waals surface area contributed by atoms with Gasteiger partial charge < -0.3 is 15.2 Å². The van der Waals surface area contributed by atoms with Crippen molar-refractivity contribution in [3.05, 3.63) is 35.9 Å². The molecule has 0 radical (unpaired) electrons. The summed E-state index contributed by atoms with van der Waals surface area (Å²) in [6.45, 7) is 1.72. The average Bonchev–Trinajstić information content (AvgIpc) is 2.52. The van der Waals surface area contributed by atoms with Crippen LogP contribution in [0.15, 0.2) is 30.3 Å². The number of ether oxygens (including phenoxy) is 1. The summed E-state index contributed by atoms with van der Waals surface area (Å²) >= 11 is 0. The largest absolute Gasteiger partial charge is 0.480 e. The Balaban J connectivity index is 2.73. The van der Waals surface area contributed by atoms with E-state index < -0.39 is 24.0 Å². The highest BCUT2D eigenvalue weighted by Crippen LogP contribution is 2.17. The molecule has 0 fully saturated rings. The molecule has 22 heavy (non-hydrogen) atoms. The average molecular weight is 307 g/mol. The fourth-order valence-corrected chi connectivity index (χ4v) is 2.01. The van der Waals surface area contributed by atoms with Crippen LogP contribution in [0.3, 0.4) is 0 Å². The highest BCUT2D eigenvalue weighted by atomic mass is 16.5. The van der Waals surface area contributed by atoms with Gasteiger partial charge in [0, 0.05) is 20.0 Å². The molecule has 0 spiro atoms. The number of carboxylic acid groups (broad SMARTS) is 1. The zero-order valence-electron chi connectivity index (χ0n) is 12.7. The van der Waals surface area contributed by atoms with Crippen molar-refractivity contribution in [2.24, 2.45) is 0 Å². The summed E-state index contributed by atoms with van der Waals surface area (Å²) in [7, 11) is 1.38. The highest BCUT2D eigenvalue weighted by Gasteiger charge is 2.26. The number of benzene rings is 1. The van der Waals surface area contributed by atoms with Gasteiger partial charge in [0.25, 0.3) is 5.91 Å². The van der Waals surface area contributed by atoms with Gasteiger partial charge in [-0.15, -0.1) is 0 Å². The first-order valence-corrected chi connectivity index (χ1v) is 7.12. The summed E-state index contributed by atoms with van der Waals surface area (Å²) in [5.41, 5.74) is 0.635. The van der Waals surface area contributed by atoms with E-state index in [1.165, 1.54) is 7.11 Å². The molecule has 0 bridgehead atoms. The first-order chi connectivity index (χ1) is 10.5. The second-order valence-corrected chi connectivity index (χ2v) is 4.86. The third kappa shape index (κ3) is 5.29. The Kier molecular flexibility index (Phi) is 7.25. The van der Waals surface area contributed by atoms with Crippen LogP contribution in [0.4, 0.5) is 0 Å². The SMILES string of the molecule is CCC(=O)CC[C@@H](NC(=O)[C@H](OC)c1ccccc1)C(=O)O. The molecule has 0 aliphatic carbocycles. The van der Waals surface area contributed by atoms with E-state index in [2.05, 4.69) is 5.32 Å². The van der Waals surface area contributed by atoms with Crippen LogP contribution in [-0.4, -0.2) is 35.9 Å². The topological polar surface area (TPSA) is 92.7 Å². The Bertz CT molecular complexity index is 515. The van der Waals surface area contributed by atoms with Crippen LogP contribution in [0.5, 0.6) is 0 Å². The number of rotatable bonds is 9. The van der Waals surface area contributed by atoms with Crippen molar-refractivity contribution in [1.29, 1.82) is 0 Å². The Morgan fingerprint density at radius 1 is 1.23 bits per heavy atom. The summed E-state index contributed by atoms with van der Waals surface area (Å²) in [4.78, 5) is 34.7. The van der Waals surface area contributed by atoms with Crippen LogP contribution in [0.1, 0.15) is 37.9 Å². The number of hydrogen-bond donors (Lipinski definition) is 2. The van der Waals surface area contributed by atoms with Crippen LogP contribution in [0, 0.1) is 0 Å². The molecule has 6 heteroatoms. The van der Waals surface area contributed by atoms with Gasteiger partial charge in [0.1, 0.15) is 11.8 Å². The number of ketones is 1. The second kappa shape index (κ2) is 8.94. The van der Waals surface area contributed by atoms with Gasteiger partial charge in [-0.25, -0.2) is 4.79 Å². The molecule has 1 aromatic rings. The summed E-state index contributed by atoms with van der Waals surface area (Å²) in [5, 5.41) is 11.6. The van der Waals surface area contributed by atoms with Crippen LogP contribution < -0.4 is 5.32 Å². The third-order valence-corrected chi connectivity index (χ3v) is 3.30. The maximum absolute atomic E-state index is 12.2. The molecule has 0 aromatic heterocycles. The number of nitrogens with one attached hydrogen (secondary N) is 1.